The molecule has 1 heteroatoms. The van der Waals surface area contributed by atoms with Gasteiger partial charge in [0.1, 0.15) is 0 Å². The SMILES string of the molecule is CC1(C)c2ccccc2-c2cc3c(cc21)-c1c(cc(N2c4cc5c(cc4C(C)(C)c4cc6c(cc42)-c2ccccc2C6(C)C)-c2ccccc2C5(C)C)c2ccccc12)C3(C)C. The molecule has 8 aromatic carbocycles. The molecule has 0 saturated carbocycles. The monoisotopic (exact) mass is 799 g/mol. The van der Waals surface area contributed by atoms with Gasteiger partial charge in [0.2, 0.25) is 0 Å². The third kappa shape index (κ3) is 4.17. The molecule has 5 aliphatic rings. The Bertz CT molecular complexity index is 3380. The Labute approximate surface area is 367 Å². The number of benzene rings is 8. The van der Waals surface area contributed by atoms with E-state index in [9.17, 15) is 0 Å². The summed E-state index contributed by atoms with van der Waals surface area (Å²) in [6, 6.07) is 54.7. The largest absolute Gasteiger partial charge is 0.309 e. The maximum Gasteiger partial charge on any atom is 0.0543 e. The molecule has 0 fully saturated rings. The van der Waals surface area contributed by atoms with E-state index in [0.29, 0.717) is 0 Å². The zero-order valence-corrected chi connectivity index (χ0v) is 37.7. The van der Waals surface area contributed by atoms with Gasteiger partial charge in [-0.15, -0.1) is 0 Å². The van der Waals surface area contributed by atoms with Crippen molar-refractivity contribution in [1.29, 1.82) is 0 Å². The molecule has 0 unspecified atom stereocenters. The third-order valence-electron chi connectivity index (χ3n) is 16.8. The van der Waals surface area contributed by atoms with Crippen molar-refractivity contribution in [3.63, 3.8) is 0 Å². The second-order valence-corrected chi connectivity index (χ2v) is 21.7. The van der Waals surface area contributed by atoms with Crippen molar-refractivity contribution in [2.75, 3.05) is 4.90 Å². The molecule has 0 saturated heterocycles. The molecule has 0 N–H and O–H groups in total. The molecule has 1 aliphatic heterocycles. The van der Waals surface area contributed by atoms with E-state index in [-0.39, 0.29) is 27.1 Å². The summed E-state index contributed by atoms with van der Waals surface area (Å²) in [7, 11) is 0. The van der Waals surface area contributed by atoms with Crippen LogP contribution in [0, 0.1) is 0 Å². The fourth-order valence-corrected chi connectivity index (χ4v) is 13.3. The molecule has 0 radical (unpaired) electrons. The highest BCUT2D eigenvalue weighted by Gasteiger charge is 2.47. The van der Waals surface area contributed by atoms with Gasteiger partial charge in [-0.25, -0.2) is 0 Å². The Morgan fingerprint density at radius 3 is 1.19 bits per heavy atom. The van der Waals surface area contributed by atoms with E-state index in [1.165, 1.54) is 128 Å². The van der Waals surface area contributed by atoms with Gasteiger partial charge in [0, 0.05) is 32.5 Å². The molecule has 302 valence electrons. The van der Waals surface area contributed by atoms with E-state index in [4.69, 9.17) is 0 Å². The van der Waals surface area contributed by atoms with Crippen LogP contribution in [0.2, 0.25) is 0 Å². The lowest BCUT2D eigenvalue weighted by Crippen LogP contribution is -2.32. The number of hydrogen-bond acceptors (Lipinski definition) is 1. The molecule has 4 aliphatic carbocycles. The first-order valence-corrected chi connectivity index (χ1v) is 22.8. The highest BCUT2D eigenvalue weighted by Crippen LogP contribution is 2.63. The minimum Gasteiger partial charge on any atom is -0.309 e. The van der Waals surface area contributed by atoms with Gasteiger partial charge in [-0.3, -0.25) is 0 Å². The number of nitrogens with zero attached hydrogens (tertiary/aromatic N) is 1. The van der Waals surface area contributed by atoms with Crippen molar-refractivity contribution in [2.45, 2.75) is 96.3 Å². The van der Waals surface area contributed by atoms with E-state index in [2.05, 4.69) is 214 Å². The highest BCUT2D eigenvalue weighted by molar-refractivity contribution is 6.11. The first kappa shape index (κ1) is 36.5. The van der Waals surface area contributed by atoms with Gasteiger partial charge in [-0.2, -0.15) is 0 Å². The second-order valence-electron chi connectivity index (χ2n) is 21.7. The Balaban J connectivity index is 1.12. The average molecular weight is 800 g/mol. The van der Waals surface area contributed by atoms with Crippen LogP contribution in [-0.4, -0.2) is 0 Å². The highest BCUT2D eigenvalue weighted by atomic mass is 15.2. The number of fused-ring (bicyclic) bond motifs is 16. The molecule has 0 aromatic heterocycles. The molecule has 0 bridgehead atoms. The van der Waals surface area contributed by atoms with Crippen LogP contribution in [0.3, 0.4) is 0 Å². The maximum absolute atomic E-state index is 2.70. The molecule has 13 rings (SSSR count). The lowest BCUT2D eigenvalue weighted by Gasteiger charge is -2.44. The summed E-state index contributed by atoms with van der Waals surface area (Å²) in [4.78, 5) is 2.70. The summed E-state index contributed by atoms with van der Waals surface area (Å²) in [5.41, 5.74) is 28.2. The van der Waals surface area contributed by atoms with Gasteiger partial charge >= 0.3 is 0 Å². The van der Waals surface area contributed by atoms with E-state index in [1.54, 1.807) is 0 Å². The quantitative estimate of drug-likeness (QED) is 0.160. The Hall–Kier alpha value is -6.18. The summed E-state index contributed by atoms with van der Waals surface area (Å²) >= 11 is 0. The zero-order valence-electron chi connectivity index (χ0n) is 37.7. The summed E-state index contributed by atoms with van der Waals surface area (Å²) in [5.74, 6) is 0. The zero-order chi connectivity index (χ0) is 42.6. The van der Waals surface area contributed by atoms with Crippen molar-refractivity contribution >= 4 is 27.8 Å². The van der Waals surface area contributed by atoms with Crippen molar-refractivity contribution in [3.05, 3.63) is 195 Å². The Morgan fingerprint density at radius 2 is 0.613 bits per heavy atom. The second kappa shape index (κ2) is 11.2. The Morgan fingerprint density at radius 1 is 0.258 bits per heavy atom. The summed E-state index contributed by atoms with van der Waals surface area (Å²) in [6.45, 7) is 24.4. The number of anilines is 3. The van der Waals surface area contributed by atoms with E-state index < -0.39 is 0 Å². The van der Waals surface area contributed by atoms with Gasteiger partial charge in [-0.1, -0.05) is 172 Å². The standard InChI is InChI=1S/C61H53N/c1-57(2)43-24-16-13-19-34(43)39-27-47-42(29-46(39)57)56-38-23-12-11-22-37(38)53(33-52(56)60(47,7)8)62-54-30-41-36-21-15-18-26-45(36)58(3,4)48(41)31-51(54)61(9,10)50-28-40-35-20-14-17-25-44(35)59(5,6)49(40)32-55(50)62/h11-33H,1-10H3. The van der Waals surface area contributed by atoms with Crippen LogP contribution in [-0.2, 0) is 27.1 Å². The van der Waals surface area contributed by atoms with Gasteiger partial charge in [-0.05, 0) is 142 Å². The van der Waals surface area contributed by atoms with Crippen LogP contribution >= 0.6 is 0 Å². The first-order chi connectivity index (χ1) is 29.5. The molecular formula is C61H53N. The van der Waals surface area contributed by atoms with Crippen molar-refractivity contribution in [2.24, 2.45) is 0 Å². The van der Waals surface area contributed by atoms with Crippen molar-refractivity contribution in [3.8, 4) is 44.5 Å². The molecule has 0 atom stereocenters. The summed E-state index contributed by atoms with van der Waals surface area (Å²) < 4.78 is 0. The van der Waals surface area contributed by atoms with Crippen LogP contribution in [0.15, 0.2) is 140 Å². The van der Waals surface area contributed by atoms with E-state index >= 15 is 0 Å². The fraction of sp³-hybridized carbons (Fsp3) is 0.246. The molecule has 1 heterocycles. The molecule has 8 aromatic rings. The summed E-state index contributed by atoms with van der Waals surface area (Å²) in [6.07, 6.45) is 0. The lowest BCUT2D eigenvalue weighted by atomic mass is 9.70. The van der Waals surface area contributed by atoms with Crippen molar-refractivity contribution in [1.82, 2.24) is 0 Å². The van der Waals surface area contributed by atoms with Crippen LogP contribution in [0.25, 0.3) is 55.3 Å². The maximum atomic E-state index is 2.70. The number of rotatable bonds is 1. The van der Waals surface area contributed by atoms with Crippen LogP contribution in [0.1, 0.15) is 125 Å². The minimum atomic E-state index is -0.260. The predicted molar refractivity (Wildman–Crippen MR) is 261 cm³/mol. The minimum absolute atomic E-state index is 0.0707. The van der Waals surface area contributed by atoms with Crippen LogP contribution in [0.4, 0.5) is 17.1 Å². The van der Waals surface area contributed by atoms with Gasteiger partial charge < -0.3 is 4.90 Å². The van der Waals surface area contributed by atoms with Crippen molar-refractivity contribution < 1.29 is 0 Å². The normalized spacial score (nSPS) is 18.5. The molecule has 0 spiro atoms. The van der Waals surface area contributed by atoms with Gasteiger partial charge in [0.25, 0.3) is 0 Å². The topological polar surface area (TPSA) is 3.24 Å². The van der Waals surface area contributed by atoms with E-state index in [0.717, 1.165) is 0 Å². The first-order valence-electron chi connectivity index (χ1n) is 22.8. The van der Waals surface area contributed by atoms with Gasteiger partial charge in [0.15, 0.2) is 0 Å². The smallest absolute Gasteiger partial charge is 0.0543 e. The predicted octanol–water partition coefficient (Wildman–Crippen LogP) is 16.2. The van der Waals surface area contributed by atoms with Crippen LogP contribution < -0.4 is 4.90 Å². The number of hydrogen-bond donors (Lipinski definition) is 0. The molecule has 0 amide bonds. The van der Waals surface area contributed by atoms with E-state index in [1.807, 2.05) is 0 Å². The lowest BCUT2D eigenvalue weighted by molar-refractivity contribution is 0.617. The average Bonchev–Trinajstić information content (AvgIpc) is 3.82. The molecular weight excluding hydrogens is 747 g/mol. The third-order valence-corrected chi connectivity index (χ3v) is 16.8. The van der Waals surface area contributed by atoms with Gasteiger partial charge in [0.05, 0.1) is 17.1 Å². The van der Waals surface area contributed by atoms with Crippen LogP contribution in [0.5, 0.6) is 0 Å². The summed E-state index contributed by atoms with van der Waals surface area (Å²) in [5, 5.41) is 2.62. The Kier molecular flexibility index (Phi) is 6.62. The molecule has 62 heavy (non-hydrogen) atoms. The fourth-order valence-electron chi connectivity index (χ4n) is 13.3. The molecule has 1 nitrogen and oxygen atoms in total.